The van der Waals surface area contributed by atoms with E-state index in [1.54, 1.807) is 37.3 Å². The number of aromatic nitrogens is 1. The lowest BCUT2D eigenvalue weighted by molar-refractivity contribution is 0.0950. The number of hydrogen-bond acceptors (Lipinski definition) is 6. The van der Waals surface area contributed by atoms with E-state index in [4.69, 9.17) is 9.47 Å². The molecule has 1 N–H and O–H groups in total. The molecule has 8 nitrogen and oxygen atoms in total. The average molecular weight is 398 g/mol. The van der Waals surface area contributed by atoms with Gasteiger partial charge < -0.3 is 24.6 Å². The third-order valence-corrected chi connectivity index (χ3v) is 4.77. The number of benzene rings is 1. The van der Waals surface area contributed by atoms with Crippen molar-refractivity contribution in [3.8, 4) is 5.75 Å². The molecule has 0 spiro atoms. The van der Waals surface area contributed by atoms with Crippen LogP contribution in [0.15, 0.2) is 42.6 Å². The maximum atomic E-state index is 12.6. The summed E-state index contributed by atoms with van der Waals surface area (Å²) in [6, 6.07) is 11.0. The van der Waals surface area contributed by atoms with Gasteiger partial charge in [-0.05, 0) is 25.1 Å². The van der Waals surface area contributed by atoms with E-state index in [9.17, 15) is 9.59 Å². The minimum absolute atomic E-state index is 0.176. The number of nitrogens with zero attached hydrogens (tertiary/aromatic N) is 3. The maximum absolute atomic E-state index is 12.6. The van der Waals surface area contributed by atoms with Crippen molar-refractivity contribution < 1.29 is 19.1 Å². The van der Waals surface area contributed by atoms with Crippen LogP contribution < -0.4 is 15.0 Å². The fourth-order valence-electron chi connectivity index (χ4n) is 3.19. The van der Waals surface area contributed by atoms with E-state index < -0.39 is 0 Å². The highest BCUT2D eigenvalue weighted by Gasteiger charge is 2.23. The molecule has 1 aliphatic heterocycles. The van der Waals surface area contributed by atoms with Crippen LogP contribution in [0.4, 0.5) is 10.6 Å². The average Bonchev–Trinajstić information content (AvgIpc) is 2.78. The third-order valence-electron chi connectivity index (χ3n) is 4.77. The van der Waals surface area contributed by atoms with Crippen LogP contribution in [0.2, 0.25) is 0 Å². The Balaban J connectivity index is 1.59. The van der Waals surface area contributed by atoms with E-state index >= 15 is 0 Å². The molecule has 2 amide bonds. The van der Waals surface area contributed by atoms with Crippen molar-refractivity contribution in [1.82, 2.24) is 15.2 Å². The SMILES string of the molecule is CCOC(=O)N1CCN(c2cc(C(=O)NCc3ccccc3OC)ccn2)CC1. The summed E-state index contributed by atoms with van der Waals surface area (Å²) in [4.78, 5) is 32.6. The van der Waals surface area contributed by atoms with Gasteiger partial charge in [-0.25, -0.2) is 9.78 Å². The number of piperazine rings is 1. The molecule has 0 unspecified atom stereocenters. The zero-order valence-corrected chi connectivity index (χ0v) is 16.8. The molecule has 1 aliphatic rings. The minimum atomic E-state index is -0.287. The summed E-state index contributed by atoms with van der Waals surface area (Å²) >= 11 is 0. The highest BCUT2D eigenvalue weighted by atomic mass is 16.6. The number of pyridine rings is 1. The largest absolute Gasteiger partial charge is 0.496 e. The summed E-state index contributed by atoms with van der Waals surface area (Å²) in [5.41, 5.74) is 1.45. The van der Waals surface area contributed by atoms with E-state index in [2.05, 4.69) is 15.2 Å². The number of amides is 2. The van der Waals surface area contributed by atoms with Crippen LogP contribution in [0.3, 0.4) is 0 Å². The normalized spacial score (nSPS) is 13.7. The van der Waals surface area contributed by atoms with Gasteiger partial charge >= 0.3 is 6.09 Å². The van der Waals surface area contributed by atoms with Gasteiger partial charge in [0.1, 0.15) is 11.6 Å². The van der Waals surface area contributed by atoms with Gasteiger partial charge in [0.2, 0.25) is 0 Å². The molecule has 1 aromatic heterocycles. The quantitative estimate of drug-likeness (QED) is 0.804. The first-order valence-corrected chi connectivity index (χ1v) is 9.65. The number of carbonyl (C=O) groups excluding carboxylic acids is 2. The predicted molar refractivity (Wildman–Crippen MR) is 109 cm³/mol. The van der Waals surface area contributed by atoms with Crippen molar-refractivity contribution in [2.75, 3.05) is 44.8 Å². The molecule has 0 aliphatic carbocycles. The molecule has 2 aromatic rings. The van der Waals surface area contributed by atoms with Crippen molar-refractivity contribution in [3.05, 3.63) is 53.7 Å². The molecule has 0 saturated carbocycles. The monoisotopic (exact) mass is 398 g/mol. The fraction of sp³-hybridized carbons (Fsp3) is 0.381. The first kappa shape index (κ1) is 20.4. The van der Waals surface area contributed by atoms with Crippen LogP contribution in [0.5, 0.6) is 5.75 Å². The molecule has 154 valence electrons. The van der Waals surface area contributed by atoms with E-state index in [1.165, 1.54) is 0 Å². The lowest BCUT2D eigenvalue weighted by atomic mass is 10.2. The molecule has 29 heavy (non-hydrogen) atoms. The van der Waals surface area contributed by atoms with E-state index in [0.717, 1.165) is 17.1 Å². The summed E-state index contributed by atoms with van der Waals surface area (Å²) in [6.45, 7) is 4.93. The number of rotatable bonds is 6. The number of para-hydroxylation sites is 1. The summed E-state index contributed by atoms with van der Waals surface area (Å²) in [5, 5.41) is 2.92. The zero-order valence-electron chi connectivity index (χ0n) is 16.8. The van der Waals surface area contributed by atoms with Gasteiger partial charge in [-0.15, -0.1) is 0 Å². The van der Waals surface area contributed by atoms with Crippen molar-refractivity contribution in [1.29, 1.82) is 0 Å². The summed E-state index contributed by atoms with van der Waals surface area (Å²) in [6.07, 6.45) is 1.34. The van der Waals surface area contributed by atoms with Gasteiger partial charge in [0.15, 0.2) is 0 Å². The van der Waals surface area contributed by atoms with Crippen LogP contribution in [0.25, 0.3) is 0 Å². The Kier molecular flexibility index (Phi) is 6.89. The second kappa shape index (κ2) is 9.77. The lowest BCUT2D eigenvalue weighted by Crippen LogP contribution is -2.49. The van der Waals surface area contributed by atoms with E-state index in [0.29, 0.717) is 44.9 Å². The van der Waals surface area contributed by atoms with E-state index in [-0.39, 0.29) is 12.0 Å². The molecule has 8 heteroatoms. The van der Waals surface area contributed by atoms with Gasteiger partial charge in [-0.3, -0.25) is 4.79 Å². The van der Waals surface area contributed by atoms with Crippen molar-refractivity contribution in [2.45, 2.75) is 13.5 Å². The Hall–Kier alpha value is -3.29. The highest BCUT2D eigenvalue weighted by Crippen LogP contribution is 2.18. The molecule has 0 atom stereocenters. The molecular weight excluding hydrogens is 372 g/mol. The molecule has 2 heterocycles. The summed E-state index contributed by atoms with van der Waals surface area (Å²) in [7, 11) is 1.61. The number of hydrogen-bond donors (Lipinski definition) is 1. The zero-order chi connectivity index (χ0) is 20.6. The summed E-state index contributed by atoms with van der Waals surface area (Å²) in [5.74, 6) is 1.28. The van der Waals surface area contributed by atoms with Gasteiger partial charge in [-0.2, -0.15) is 0 Å². The molecule has 1 aromatic carbocycles. The Morgan fingerprint density at radius 1 is 1.14 bits per heavy atom. The van der Waals surface area contributed by atoms with Crippen molar-refractivity contribution in [2.24, 2.45) is 0 Å². The van der Waals surface area contributed by atoms with Crippen LogP contribution in [0.1, 0.15) is 22.8 Å². The van der Waals surface area contributed by atoms with Crippen LogP contribution in [-0.4, -0.2) is 61.8 Å². The Bertz CT molecular complexity index is 850. The molecule has 3 rings (SSSR count). The molecule has 1 saturated heterocycles. The third kappa shape index (κ3) is 5.16. The number of carbonyl (C=O) groups is 2. The summed E-state index contributed by atoms with van der Waals surface area (Å²) < 4.78 is 10.4. The lowest BCUT2D eigenvalue weighted by Gasteiger charge is -2.34. The Labute approximate surface area is 170 Å². The van der Waals surface area contributed by atoms with Crippen LogP contribution in [0, 0.1) is 0 Å². The smallest absolute Gasteiger partial charge is 0.409 e. The molecular formula is C21H26N4O4. The second-order valence-electron chi connectivity index (χ2n) is 6.57. The van der Waals surface area contributed by atoms with Gasteiger partial charge in [0.25, 0.3) is 5.91 Å². The van der Waals surface area contributed by atoms with Crippen LogP contribution >= 0.6 is 0 Å². The molecule has 1 fully saturated rings. The highest BCUT2D eigenvalue weighted by molar-refractivity contribution is 5.94. The topological polar surface area (TPSA) is 84.0 Å². The number of nitrogens with one attached hydrogen (secondary N) is 1. The van der Waals surface area contributed by atoms with Crippen molar-refractivity contribution in [3.63, 3.8) is 0 Å². The Morgan fingerprint density at radius 2 is 1.90 bits per heavy atom. The van der Waals surface area contributed by atoms with Crippen molar-refractivity contribution >= 4 is 17.8 Å². The minimum Gasteiger partial charge on any atom is -0.496 e. The molecule has 0 bridgehead atoms. The number of methoxy groups -OCH3 is 1. The number of ether oxygens (including phenoxy) is 2. The van der Waals surface area contributed by atoms with Gasteiger partial charge in [0.05, 0.1) is 13.7 Å². The standard InChI is InChI=1S/C21H26N4O4/c1-3-29-21(27)25-12-10-24(11-13-25)19-14-16(8-9-22-19)20(26)23-15-17-6-4-5-7-18(17)28-2/h4-9,14H,3,10-13,15H2,1-2H3,(H,23,26). The fourth-order valence-corrected chi connectivity index (χ4v) is 3.19. The van der Waals surface area contributed by atoms with E-state index in [1.807, 2.05) is 24.3 Å². The molecule has 0 radical (unpaired) electrons. The van der Waals surface area contributed by atoms with Gasteiger partial charge in [0, 0.05) is 50.0 Å². The first-order chi connectivity index (χ1) is 14.1. The first-order valence-electron chi connectivity index (χ1n) is 9.65. The van der Waals surface area contributed by atoms with Crippen LogP contribution in [-0.2, 0) is 11.3 Å². The second-order valence-corrected chi connectivity index (χ2v) is 6.57. The maximum Gasteiger partial charge on any atom is 0.409 e. The number of anilines is 1. The Morgan fingerprint density at radius 3 is 2.62 bits per heavy atom. The predicted octanol–water partition coefficient (Wildman–Crippen LogP) is 2.30. The van der Waals surface area contributed by atoms with Gasteiger partial charge in [-0.1, -0.05) is 18.2 Å².